The standard InChI is InChI=1S/C17H19N3O3/c1-4-23-16-14(9-6-10-18-16)15(21)19-13-8-5-7-12(11-13)17(22)20(2)3/h5-11H,4H2,1-3H3,(H,19,21). The van der Waals surface area contributed by atoms with Crippen molar-refractivity contribution < 1.29 is 14.3 Å². The number of ether oxygens (including phenoxy) is 1. The first-order valence-electron chi connectivity index (χ1n) is 7.23. The Balaban J connectivity index is 2.21. The summed E-state index contributed by atoms with van der Waals surface area (Å²) >= 11 is 0. The quantitative estimate of drug-likeness (QED) is 0.920. The van der Waals surface area contributed by atoms with Gasteiger partial charge in [-0.1, -0.05) is 6.07 Å². The van der Waals surface area contributed by atoms with Crippen LogP contribution in [0.25, 0.3) is 0 Å². The third-order valence-electron chi connectivity index (χ3n) is 3.07. The predicted molar refractivity (Wildman–Crippen MR) is 87.8 cm³/mol. The average Bonchev–Trinajstić information content (AvgIpc) is 2.55. The van der Waals surface area contributed by atoms with Crippen LogP contribution in [0.15, 0.2) is 42.6 Å². The van der Waals surface area contributed by atoms with Gasteiger partial charge < -0.3 is 15.0 Å². The lowest BCUT2D eigenvalue weighted by atomic mass is 10.1. The van der Waals surface area contributed by atoms with Gasteiger partial charge >= 0.3 is 0 Å². The zero-order valence-electron chi connectivity index (χ0n) is 13.4. The van der Waals surface area contributed by atoms with Crippen LogP contribution in [0.2, 0.25) is 0 Å². The summed E-state index contributed by atoms with van der Waals surface area (Å²) in [4.78, 5) is 29.9. The molecule has 2 aromatic rings. The molecule has 2 amide bonds. The molecule has 0 atom stereocenters. The summed E-state index contributed by atoms with van der Waals surface area (Å²) in [6.07, 6.45) is 1.57. The summed E-state index contributed by atoms with van der Waals surface area (Å²) in [5.41, 5.74) is 1.39. The van der Waals surface area contributed by atoms with Gasteiger partial charge in [0.05, 0.1) is 6.61 Å². The lowest BCUT2D eigenvalue weighted by Gasteiger charge is -2.12. The molecule has 0 saturated heterocycles. The van der Waals surface area contributed by atoms with E-state index in [2.05, 4.69) is 10.3 Å². The highest BCUT2D eigenvalue weighted by atomic mass is 16.5. The number of amides is 2. The third kappa shape index (κ3) is 4.06. The minimum absolute atomic E-state index is 0.127. The van der Waals surface area contributed by atoms with E-state index < -0.39 is 0 Å². The molecule has 0 aliphatic heterocycles. The van der Waals surface area contributed by atoms with Crippen LogP contribution in [0.5, 0.6) is 5.88 Å². The number of rotatable bonds is 5. The molecule has 0 saturated carbocycles. The van der Waals surface area contributed by atoms with Crippen LogP contribution in [0.3, 0.4) is 0 Å². The number of aromatic nitrogens is 1. The molecule has 6 nitrogen and oxygen atoms in total. The summed E-state index contributed by atoms with van der Waals surface area (Å²) in [5, 5.41) is 2.76. The predicted octanol–water partition coefficient (Wildman–Crippen LogP) is 2.43. The normalized spacial score (nSPS) is 10.0. The molecule has 1 N–H and O–H groups in total. The van der Waals surface area contributed by atoms with Gasteiger partial charge in [-0.25, -0.2) is 4.98 Å². The summed E-state index contributed by atoms with van der Waals surface area (Å²) in [7, 11) is 3.36. The Labute approximate surface area is 135 Å². The van der Waals surface area contributed by atoms with E-state index in [9.17, 15) is 9.59 Å². The van der Waals surface area contributed by atoms with E-state index in [4.69, 9.17) is 4.74 Å². The number of carbonyl (C=O) groups is 2. The number of hydrogen-bond donors (Lipinski definition) is 1. The highest BCUT2D eigenvalue weighted by Gasteiger charge is 2.14. The SMILES string of the molecule is CCOc1ncccc1C(=O)Nc1cccc(C(=O)N(C)C)c1. The fourth-order valence-corrected chi connectivity index (χ4v) is 2.00. The molecule has 2 rings (SSSR count). The van der Waals surface area contributed by atoms with E-state index in [-0.39, 0.29) is 17.7 Å². The molecule has 120 valence electrons. The number of pyridine rings is 1. The van der Waals surface area contributed by atoms with Gasteiger partial charge in [-0.15, -0.1) is 0 Å². The smallest absolute Gasteiger partial charge is 0.261 e. The largest absolute Gasteiger partial charge is 0.477 e. The number of carbonyl (C=O) groups excluding carboxylic acids is 2. The molecular weight excluding hydrogens is 294 g/mol. The van der Waals surface area contributed by atoms with Crippen LogP contribution in [-0.2, 0) is 0 Å². The van der Waals surface area contributed by atoms with Crippen LogP contribution in [0, 0.1) is 0 Å². The Hall–Kier alpha value is -2.89. The van der Waals surface area contributed by atoms with Crippen molar-refractivity contribution in [3.63, 3.8) is 0 Å². The van der Waals surface area contributed by atoms with Gasteiger partial charge in [-0.2, -0.15) is 0 Å². The van der Waals surface area contributed by atoms with E-state index in [1.54, 1.807) is 56.7 Å². The maximum Gasteiger partial charge on any atom is 0.261 e. The Morgan fingerprint density at radius 2 is 2.00 bits per heavy atom. The molecule has 1 aromatic carbocycles. The molecule has 1 heterocycles. The second-order valence-electron chi connectivity index (χ2n) is 5.02. The van der Waals surface area contributed by atoms with Gasteiger partial charge in [0.15, 0.2) is 0 Å². The van der Waals surface area contributed by atoms with Gasteiger partial charge in [0.25, 0.3) is 11.8 Å². The first kappa shape index (κ1) is 16.5. The highest BCUT2D eigenvalue weighted by Crippen LogP contribution is 2.18. The van der Waals surface area contributed by atoms with E-state index in [1.807, 2.05) is 6.92 Å². The van der Waals surface area contributed by atoms with E-state index in [0.717, 1.165) is 0 Å². The van der Waals surface area contributed by atoms with Gasteiger partial charge in [0, 0.05) is 31.5 Å². The van der Waals surface area contributed by atoms with Crippen molar-refractivity contribution in [2.24, 2.45) is 0 Å². The van der Waals surface area contributed by atoms with Crippen molar-refractivity contribution in [3.05, 3.63) is 53.7 Å². The van der Waals surface area contributed by atoms with Crippen LogP contribution in [-0.4, -0.2) is 42.4 Å². The van der Waals surface area contributed by atoms with Crippen LogP contribution in [0.1, 0.15) is 27.6 Å². The first-order chi connectivity index (χ1) is 11.0. The minimum atomic E-state index is -0.337. The van der Waals surface area contributed by atoms with Crippen molar-refractivity contribution in [2.75, 3.05) is 26.0 Å². The van der Waals surface area contributed by atoms with Crippen molar-refractivity contribution in [1.29, 1.82) is 0 Å². The number of nitrogens with one attached hydrogen (secondary N) is 1. The molecule has 0 unspecified atom stereocenters. The zero-order chi connectivity index (χ0) is 16.8. The van der Waals surface area contributed by atoms with E-state index in [0.29, 0.717) is 23.4 Å². The molecule has 1 aromatic heterocycles. The molecule has 0 aliphatic carbocycles. The fraction of sp³-hybridized carbons (Fsp3) is 0.235. The van der Waals surface area contributed by atoms with Crippen molar-refractivity contribution >= 4 is 17.5 Å². The number of anilines is 1. The van der Waals surface area contributed by atoms with Gasteiger partial charge in [0.1, 0.15) is 5.56 Å². The van der Waals surface area contributed by atoms with Crippen molar-refractivity contribution in [3.8, 4) is 5.88 Å². The first-order valence-corrected chi connectivity index (χ1v) is 7.23. The fourth-order valence-electron chi connectivity index (χ4n) is 2.00. The molecule has 0 spiro atoms. The van der Waals surface area contributed by atoms with E-state index >= 15 is 0 Å². The average molecular weight is 313 g/mol. The van der Waals surface area contributed by atoms with Gasteiger partial charge in [0.2, 0.25) is 5.88 Å². The van der Waals surface area contributed by atoms with Crippen molar-refractivity contribution in [1.82, 2.24) is 9.88 Å². The molecule has 0 aliphatic rings. The molecule has 0 bridgehead atoms. The lowest BCUT2D eigenvalue weighted by molar-refractivity contribution is 0.0827. The molecule has 6 heteroatoms. The van der Waals surface area contributed by atoms with Gasteiger partial charge in [-0.3, -0.25) is 9.59 Å². The lowest BCUT2D eigenvalue weighted by Crippen LogP contribution is -2.22. The third-order valence-corrected chi connectivity index (χ3v) is 3.07. The zero-order valence-corrected chi connectivity index (χ0v) is 13.4. The Morgan fingerprint density at radius 3 is 2.70 bits per heavy atom. The maximum atomic E-state index is 12.4. The number of benzene rings is 1. The van der Waals surface area contributed by atoms with Crippen LogP contribution < -0.4 is 10.1 Å². The summed E-state index contributed by atoms with van der Waals surface area (Å²) in [6, 6.07) is 10.1. The maximum absolute atomic E-state index is 12.4. The Morgan fingerprint density at radius 1 is 1.22 bits per heavy atom. The second kappa shape index (κ2) is 7.40. The molecule has 0 fully saturated rings. The van der Waals surface area contributed by atoms with E-state index in [1.165, 1.54) is 4.90 Å². The topological polar surface area (TPSA) is 71.5 Å². The number of nitrogens with zero attached hydrogens (tertiary/aromatic N) is 2. The van der Waals surface area contributed by atoms with Crippen LogP contribution >= 0.6 is 0 Å². The summed E-state index contributed by atoms with van der Waals surface area (Å²) in [6.45, 7) is 2.25. The molecular formula is C17H19N3O3. The Kier molecular flexibility index (Phi) is 5.30. The van der Waals surface area contributed by atoms with Gasteiger partial charge in [-0.05, 0) is 37.3 Å². The summed E-state index contributed by atoms with van der Waals surface area (Å²) < 4.78 is 5.36. The highest BCUT2D eigenvalue weighted by molar-refractivity contribution is 6.06. The Bertz CT molecular complexity index is 714. The van der Waals surface area contributed by atoms with Crippen molar-refractivity contribution in [2.45, 2.75) is 6.92 Å². The molecule has 0 radical (unpaired) electrons. The molecule has 23 heavy (non-hydrogen) atoms. The number of hydrogen-bond acceptors (Lipinski definition) is 4. The second-order valence-corrected chi connectivity index (χ2v) is 5.02. The summed E-state index contributed by atoms with van der Waals surface area (Å²) in [5.74, 6) is -0.179. The van der Waals surface area contributed by atoms with Crippen LogP contribution in [0.4, 0.5) is 5.69 Å². The minimum Gasteiger partial charge on any atom is -0.477 e. The monoisotopic (exact) mass is 313 g/mol.